The van der Waals surface area contributed by atoms with Gasteiger partial charge in [0.25, 0.3) is 0 Å². The quantitative estimate of drug-likeness (QED) is 0.501. The van der Waals surface area contributed by atoms with E-state index in [0.29, 0.717) is 13.0 Å². The topological polar surface area (TPSA) is 49.7 Å². The van der Waals surface area contributed by atoms with Gasteiger partial charge in [-0.3, -0.25) is 0 Å². The van der Waals surface area contributed by atoms with Gasteiger partial charge in [0, 0.05) is 13.2 Å². The molecule has 0 aromatic heterocycles. The van der Waals surface area contributed by atoms with E-state index in [1.165, 1.54) is 0 Å². The number of rotatable bonds is 5. The molecule has 9 heavy (non-hydrogen) atoms. The van der Waals surface area contributed by atoms with Gasteiger partial charge in [-0.25, -0.2) is 0 Å². The van der Waals surface area contributed by atoms with E-state index in [1.54, 1.807) is 0 Å². The molecule has 3 heteroatoms. The highest BCUT2D eigenvalue weighted by atomic mass is 16.5. The van der Waals surface area contributed by atoms with Gasteiger partial charge in [0.2, 0.25) is 0 Å². The molecular weight excluding hydrogens is 120 g/mol. The lowest BCUT2D eigenvalue weighted by molar-refractivity contribution is 0.0512. The molecule has 0 saturated heterocycles. The molecular formula is C6H13O3. The molecule has 2 N–H and O–H groups in total. The van der Waals surface area contributed by atoms with Crippen LogP contribution in [0.1, 0.15) is 6.42 Å². The minimum atomic E-state index is -0.649. The number of ether oxygens (including phenoxy) is 1. The van der Waals surface area contributed by atoms with E-state index >= 15 is 0 Å². The minimum absolute atomic E-state index is 0.132. The predicted octanol–water partition coefficient (Wildman–Crippen LogP) is -0.420. The van der Waals surface area contributed by atoms with Gasteiger partial charge in [-0.1, -0.05) is 0 Å². The van der Waals surface area contributed by atoms with Crippen molar-refractivity contribution in [3.8, 4) is 0 Å². The molecule has 0 aliphatic rings. The van der Waals surface area contributed by atoms with Gasteiger partial charge in [-0.15, -0.1) is 0 Å². The zero-order valence-electron chi connectivity index (χ0n) is 5.42. The second-order valence-electron chi connectivity index (χ2n) is 1.81. The normalized spacial score (nSPS) is 13.7. The van der Waals surface area contributed by atoms with Crippen LogP contribution in [0.2, 0.25) is 0 Å². The summed E-state index contributed by atoms with van der Waals surface area (Å²) in [5, 5.41) is 16.8. The third-order valence-electron chi connectivity index (χ3n) is 0.757. The van der Waals surface area contributed by atoms with E-state index in [9.17, 15) is 0 Å². The Morgan fingerprint density at radius 1 is 1.56 bits per heavy atom. The fraction of sp³-hybridized carbons (Fsp3) is 0.833. The van der Waals surface area contributed by atoms with Crippen LogP contribution in [0.25, 0.3) is 0 Å². The van der Waals surface area contributed by atoms with E-state index in [-0.39, 0.29) is 13.2 Å². The maximum atomic E-state index is 8.55. The van der Waals surface area contributed by atoms with Crippen molar-refractivity contribution in [3.63, 3.8) is 0 Å². The summed E-state index contributed by atoms with van der Waals surface area (Å²) in [5.41, 5.74) is 0. The molecule has 0 rings (SSSR count). The summed E-state index contributed by atoms with van der Waals surface area (Å²) in [4.78, 5) is 0. The summed E-state index contributed by atoms with van der Waals surface area (Å²) in [6, 6.07) is 0. The standard InChI is InChI=1S/C6H13O3/c1-6(8)5-9-4-2-3-7/h6-8H,1-5H2. The van der Waals surface area contributed by atoms with Crippen LogP contribution < -0.4 is 0 Å². The smallest absolute Gasteiger partial charge is 0.0774 e. The minimum Gasteiger partial charge on any atom is -0.396 e. The number of aliphatic hydroxyl groups excluding tert-OH is 2. The van der Waals surface area contributed by atoms with Crippen LogP contribution in [0.15, 0.2) is 0 Å². The third-order valence-corrected chi connectivity index (χ3v) is 0.757. The average molecular weight is 133 g/mol. The van der Waals surface area contributed by atoms with Crippen molar-refractivity contribution in [1.82, 2.24) is 0 Å². The Labute approximate surface area is 55.3 Å². The lowest BCUT2D eigenvalue weighted by atomic mass is 10.4. The summed E-state index contributed by atoms with van der Waals surface area (Å²) < 4.78 is 4.86. The first-order chi connectivity index (χ1) is 4.27. The summed E-state index contributed by atoms with van der Waals surface area (Å²) in [5.74, 6) is 0. The highest BCUT2D eigenvalue weighted by Crippen LogP contribution is 1.84. The first kappa shape index (κ1) is 8.88. The second kappa shape index (κ2) is 6.01. The molecule has 0 saturated carbocycles. The molecule has 0 aromatic rings. The van der Waals surface area contributed by atoms with Gasteiger partial charge in [-0.05, 0) is 13.3 Å². The molecule has 0 spiro atoms. The molecule has 1 radical (unpaired) electrons. The Bertz CT molecular complexity index is 54.3. The van der Waals surface area contributed by atoms with Gasteiger partial charge >= 0.3 is 0 Å². The zero-order valence-corrected chi connectivity index (χ0v) is 5.42. The molecule has 0 aliphatic carbocycles. The first-order valence-electron chi connectivity index (χ1n) is 2.97. The van der Waals surface area contributed by atoms with Crippen LogP contribution in [0.4, 0.5) is 0 Å². The summed E-state index contributed by atoms with van der Waals surface area (Å²) in [6.07, 6.45) is -0.0316. The van der Waals surface area contributed by atoms with Crippen molar-refractivity contribution in [2.45, 2.75) is 12.5 Å². The maximum Gasteiger partial charge on any atom is 0.0774 e. The molecule has 55 valence electrons. The maximum absolute atomic E-state index is 8.55. The largest absolute Gasteiger partial charge is 0.396 e. The molecule has 1 atom stereocenters. The number of hydrogen-bond donors (Lipinski definition) is 2. The Hall–Kier alpha value is -0.120. The molecule has 0 aromatic carbocycles. The molecule has 3 nitrogen and oxygen atoms in total. The highest BCUT2D eigenvalue weighted by Gasteiger charge is 1.93. The van der Waals surface area contributed by atoms with Crippen LogP contribution in [0.3, 0.4) is 0 Å². The van der Waals surface area contributed by atoms with Crippen molar-refractivity contribution in [3.05, 3.63) is 6.92 Å². The molecule has 0 bridgehead atoms. The molecule has 0 fully saturated rings. The molecule has 1 unspecified atom stereocenters. The van der Waals surface area contributed by atoms with Gasteiger partial charge in [0.05, 0.1) is 12.7 Å². The lowest BCUT2D eigenvalue weighted by Gasteiger charge is -2.03. The van der Waals surface area contributed by atoms with Crippen LogP contribution in [-0.2, 0) is 4.74 Å². The predicted molar refractivity (Wildman–Crippen MR) is 33.9 cm³/mol. The third kappa shape index (κ3) is 7.88. The average Bonchev–Trinajstić information content (AvgIpc) is 1.80. The Kier molecular flexibility index (Phi) is 5.93. The van der Waals surface area contributed by atoms with Gasteiger partial charge in [-0.2, -0.15) is 0 Å². The molecule has 0 heterocycles. The second-order valence-corrected chi connectivity index (χ2v) is 1.81. The van der Waals surface area contributed by atoms with Crippen molar-refractivity contribution < 1.29 is 14.9 Å². The van der Waals surface area contributed by atoms with E-state index in [0.717, 1.165) is 0 Å². The fourth-order valence-electron chi connectivity index (χ4n) is 0.386. The van der Waals surface area contributed by atoms with Crippen LogP contribution in [0.5, 0.6) is 0 Å². The Morgan fingerprint density at radius 2 is 2.22 bits per heavy atom. The van der Waals surface area contributed by atoms with E-state index in [1.807, 2.05) is 0 Å². The number of hydrogen-bond acceptors (Lipinski definition) is 3. The summed E-state index contributed by atoms with van der Waals surface area (Å²) in [7, 11) is 0. The van der Waals surface area contributed by atoms with Crippen molar-refractivity contribution in [2.24, 2.45) is 0 Å². The van der Waals surface area contributed by atoms with E-state index in [4.69, 9.17) is 14.9 Å². The van der Waals surface area contributed by atoms with Gasteiger partial charge in [0.15, 0.2) is 0 Å². The van der Waals surface area contributed by atoms with E-state index in [2.05, 4.69) is 6.92 Å². The molecule has 0 aliphatic heterocycles. The zero-order chi connectivity index (χ0) is 7.11. The SMILES string of the molecule is [CH2]C(O)COCCCO. The van der Waals surface area contributed by atoms with Crippen molar-refractivity contribution >= 4 is 0 Å². The highest BCUT2D eigenvalue weighted by molar-refractivity contribution is 4.52. The summed E-state index contributed by atoms with van der Waals surface area (Å²) >= 11 is 0. The van der Waals surface area contributed by atoms with Crippen LogP contribution in [-0.4, -0.2) is 36.1 Å². The van der Waals surface area contributed by atoms with E-state index < -0.39 is 6.10 Å². The van der Waals surface area contributed by atoms with Crippen molar-refractivity contribution in [2.75, 3.05) is 19.8 Å². The fourth-order valence-corrected chi connectivity index (χ4v) is 0.386. The molecule has 0 amide bonds. The monoisotopic (exact) mass is 133 g/mol. The van der Waals surface area contributed by atoms with Crippen LogP contribution in [0, 0.1) is 6.92 Å². The van der Waals surface area contributed by atoms with Gasteiger partial charge < -0.3 is 14.9 Å². The summed E-state index contributed by atoms with van der Waals surface area (Å²) in [6.45, 7) is 4.18. The van der Waals surface area contributed by atoms with Crippen LogP contribution >= 0.6 is 0 Å². The van der Waals surface area contributed by atoms with Gasteiger partial charge in [0.1, 0.15) is 0 Å². The Morgan fingerprint density at radius 3 is 2.67 bits per heavy atom. The lowest BCUT2D eigenvalue weighted by Crippen LogP contribution is -2.11. The Balaban J connectivity index is 2.75. The first-order valence-corrected chi connectivity index (χ1v) is 2.97. The number of aliphatic hydroxyl groups is 2. The van der Waals surface area contributed by atoms with Crippen molar-refractivity contribution in [1.29, 1.82) is 0 Å².